The zero-order chi connectivity index (χ0) is 21.5. The van der Waals surface area contributed by atoms with Crippen LogP contribution in [0.5, 0.6) is 11.5 Å². The highest BCUT2D eigenvalue weighted by molar-refractivity contribution is 14.1. The summed E-state index contributed by atoms with van der Waals surface area (Å²) in [6, 6.07) is 18.8. The average molecular weight is 644 g/mol. The largest absolute Gasteiger partial charge is 0.493 e. The summed E-state index contributed by atoms with van der Waals surface area (Å²) in [6.45, 7) is 0.426. The highest BCUT2D eigenvalue weighted by atomic mass is 127. The number of hydrogen-bond acceptors (Lipinski definition) is 4. The minimum absolute atomic E-state index is 0.296. The van der Waals surface area contributed by atoms with Crippen molar-refractivity contribution in [3.05, 3.63) is 89.9 Å². The van der Waals surface area contributed by atoms with Crippen LogP contribution < -0.4 is 14.9 Å². The number of nitrogens with one attached hydrogen (secondary N) is 1. The third-order valence-corrected chi connectivity index (χ3v) is 6.07. The van der Waals surface area contributed by atoms with Gasteiger partial charge < -0.3 is 9.47 Å². The standard InChI is InChI=1S/C22H17Br2IN2O3/c1-29-20-11-15(12-26-27-22(28)17-4-2-3-5-18(17)24)10-19(25)21(20)30-13-14-6-8-16(23)9-7-14/h2-12H,13H2,1H3,(H,27,28)/b26-12+. The molecule has 3 aromatic carbocycles. The molecule has 0 atom stereocenters. The van der Waals surface area contributed by atoms with Gasteiger partial charge in [0.25, 0.3) is 5.91 Å². The van der Waals surface area contributed by atoms with E-state index in [1.54, 1.807) is 31.5 Å². The lowest BCUT2D eigenvalue weighted by Crippen LogP contribution is -2.18. The molecule has 0 fully saturated rings. The third kappa shape index (κ3) is 6.05. The van der Waals surface area contributed by atoms with Crippen LogP contribution in [0.3, 0.4) is 0 Å². The maximum absolute atomic E-state index is 12.2. The molecule has 30 heavy (non-hydrogen) atoms. The molecule has 0 spiro atoms. The number of amides is 1. The van der Waals surface area contributed by atoms with Gasteiger partial charge in [-0.3, -0.25) is 4.79 Å². The van der Waals surface area contributed by atoms with Crippen molar-refractivity contribution in [3.63, 3.8) is 0 Å². The number of hydrogen-bond donors (Lipinski definition) is 1. The lowest BCUT2D eigenvalue weighted by molar-refractivity contribution is 0.0954. The summed E-state index contributed by atoms with van der Waals surface area (Å²) in [6.07, 6.45) is 1.57. The molecule has 0 unspecified atom stereocenters. The first-order valence-corrected chi connectivity index (χ1v) is 11.5. The summed E-state index contributed by atoms with van der Waals surface area (Å²) in [5, 5.41) is 4.06. The van der Waals surface area contributed by atoms with Crippen LogP contribution in [0.1, 0.15) is 21.5 Å². The van der Waals surface area contributed by atoms with Gasteiger partial charge in [0, 0.05) is 8.95 Å². The Bertz CT molecular complexity index is 1070. The number of nitrogens with zero attached hydrogens (tertiary/aromatic N) is 1. The second kappa shape index (κ2) is 10.9. The van der Waals surface area contributed by atoms with Gasteiger partial charge in [-0.1, -0.05) is 40.2 Å². The van der Waals surface area contributed by atoms with Gasteiger partial charge >= 0.3 is 0 Å². The highest BCUT2D eigenvalue weighted by Gasteiger charge is 2.12. The molecule has 0 aliphatic heterocycles. The number of benzene rings is 3. The third-order valence-electron chi connectivity index (χ3n) is 4.05. The quantitative estimate of drug-likeness (QED) is 0.190. The number of rotatable bonds is 7. The summed E-state index contributed by atoms with van der Waals surface area (Å²) < 4.78 is 14.1. The van der Waals surface area contributed by atoms with E-state index in [1.807, 2.05) is 42.5 Å². The first-order valence-electron chi connectivity index (χ1n) is 8.80. The molecule has 1 amide bonds. The molecule has 0 aliphatic carbocycles. The monoisotopic (exact) mass is 642 g/mol. The molecule has 5 nitrogen and oxygen atoms in total. The highest BCUT2D eigenvalue weighted by Crippen LogP contribution is 2.34. The summed E-state index contributed by atoms with van der Waals surface area (Å²) in [5.41, 5.74) is 4.88. The van der Waals surface area contributed by atoms with Gasteiger partial charge in [0.15, 0.2) is 11.5 Å². The Kier molecular flexibility index (Phi) is 8.29. The van der Waals surface area contributed by atoms with E-state index in [4.69, 9.17) is 9.47 Å². The van der Waals surface area contributed by atoms with Crippen LogP contribution in [0.25, 0.3) is 0 Å². The van der Waals surface area contributed by atoms with Gasteiger partial charge in [0.2, 0.25) is 0 Å². The maximum atomic E-state index is 12.2. The number of halogens is 3. The van der Waals surface area contributed by atoms with Crippen molar-refractivity contribution in [2.45, 2.75) is 6.61 Å². The molecule has 0 heterocycles. The molecule has 0 aromatic heterocycles. The smallest absolute Gasteiger partial charge is 0.272 e. The van der Waals surface area contributed by atoms with Gasteiger partial charge in [-0.2, -0.15) is 5.10 Å². The van der Waals surface area contributed by atoms with Crippen LogP contribution in [0.15, 0.2) is 74.7 Å². The van der Waals surface area contributed by atoms with Crippen molar-refractivity contribution in [2.75, 3.05) is 7.11 Å². The van der Waals surface area contributed by atoms with E-state index >= 15 is 0 Å². The predicted molar refractivity (Wildman–Crippen MR) is 133 cm³/mol. The normalized spacial score (nSPS) is 10.8. The van der Waals surface area contributed by atoms with Gasteiger partial charge in [-0.15, -0.1) is 0 Å². The Morgan fingerprint density at radius 2 is 1.87 bits per heavy atom. The molecule has 8 heteroatoms. The molecule has 0 saturated carbocycles. The van der Waals surface area contributed by atoms with Crippen LogP contribution in [-0.4, -0.2) is 19.2 Å². The van der Waals surface area contributed by atoms with Crippen LogP contribution in [0.2, 0.25) is 0 Å². The molecular formula is C22H17Br2IN2O3. The Hall–Kier alpha value is -1.91. The van der Waals surface area contributed by atoms with E-state index in [0.717, 1.165) is 19.2 Å². The van der Waals surface area contributed by atoms with Gasteiger partial charge in [0.05, 0.1) is 22.5 Å². The van der Waals surface area contributed by atoms with Crippen molar-refractivity contribution in [2.24, 2.45) is 5.10 Å². The Morgan fingerprint density at radius 3 is 2.57 bits per heavy atom. The van der Waals surface area contributed by atoms with Crippen LogP contribution in [-0.2, 0) is 6.61 Å². The lowest BCUT2D eigenvalue weighted by atomic mass is 10.2. The molecule has 0 bridgehead atoms. The van der Waals surface area contributed by atoms with E-state index in [1.165, 1.54) is 0 Å². The summed E-state index contributed by atoms with van der Waals surface area (Å²) in [5.74, 6) is 0.961. The molecule has 3 rings (SSSR count). The summed E-state index contributed by atoms with van der Waals surface area (Å²) >= 11 is 8.98. The van der Waals surface area contributed by atoms with E-state index in [0.29, 0.717) is 28.1 Å². The van der Waals surface area contributed by atoms with Gasteiger partial charge in [-0.05, 0) is 86.0 Å². The fraction of sp³-hybridized carbons (Fsp3) is 0.0909. The summed E-state index contributed by atoms with van der Waals surface area (Å²) in [7, 11) is 1.59. The second-order valence-electron chi connectivity index (χ2n) is 6.13. The first kappa shape index (κ1) is 22.8. The van der Waals surface area contributed by atoms with Crippen molar-refractivity contribution >= 4 is 66.6 Å². The Morgan fingerprint density at radius 1 is 1.13 bits per heavy atom. The molecule has 0 saturated heterocycles. The lowest BCUT2D eigenvalue weighted by Gasteiger charge is -2.13. The van der Waals surface area contributed by atoms with E-state index < -0.39 is 0 Å². The average Bonchev–Trinajstić information content (AvgIpc) is 2.74. The van der Waals surface area contributed by atoms with E-state index in [9.17, 15) is 4.79 Å². The van der Waals surface area contributed by atoms with E-state index in [2.05, 4.69) is 65.0 Å². The number of ether oxygens (including phenoxy) is 2. The molecule has 0 aliphatic rings. The second-order valence-corrected chi connectivity index (χ2v) is 9.06. The van der Waals surface area contributed by atoms with Crippen molar-refractivity contribution in [3.8, 4) is 11.5 Å². The first-order chi connectivity index (χ1) is 14.5. The van der Waals surface area contributed by atoms with Gasteiger partial charge in [-0.25, -0.2) is 5.43 Å². The number of carbonyl (C=O) groups excluding carboxylic acids is 1. The Labute approximate surface area is 205 Å². The molecule has 154 valence electrons. The zero-order valence-corrected chi connectivity index (χ0v) is 21.2. The number of carbonyl (C=O) groups is 1. The minimum atomic E-state index is -0.296. The predicted octanol–water partition coefficient (Wildman–Crippen LogP) is 6.17. The van der Waals surface area contributed by atoms with Crippen LogP contribution >= 0.6 is 54.5 Å². The van der Waals surface area contributed by atoms with Gasteiger partial charge in [0.1, 0.15) is 6.61 Å². The van der Waals surface area contributed by atoms with Crippen LogP contribution in [0.4, 0.5) is 0 Å². The molecular weight excluding hydrogens is 627 g/mol. The van der Waals surface area contributed by atoms with Crippen molar-refractivity contribution in [1.29, 1.82) is 0 Å². The summed E-state index contributed by atoms with van der Waals surface area (Å²) in [4.78, 5) is 12.2. The number of methoxy groups -OCH3 is 1. The molecule has 1 N–H and O–H groups in total. The SMILES string of the molecule is COc1cc(/C=N/NC(=O)c2ccccc2Br)cc(I)c1OCc1ccc(Br)cc1. The zero-order valence-electron chi connectivity index (χ0n) is 15.9. The molecule has 0 radical (unpaired) electrons. The van der Waals surface area contributed by atoms with E-state index in [-0.39, 0.29) is 5.91 Å². The fourth-order valence-electron chi connectivity index (χ4n) is 2.56. The van der Waals surface area contributed by atoms with Crippen LogP contribution in [0, 0.1) is 3.57 Å². The minimum Gasteiger partial charge on any atom is -0.493 e. The maximum Gasteiger partial charge on any atom is 0.272 e. The van der Waals surface area contributed by atoms with Crippen molar-refractivity contribution in [1.82, 2.24) is 5.43 Å². The van der Waals surface area contributed by atoms with Crippen molar-refractivity contribution < 1.29 is 14.3 Å². The molecule has 3 aromatic rings. The number of hydrazone groups is 1. The topological polar surface area (TPSA) is 59.9 Å². The Balaban J connectivity index is 1.70. The fourth-order valence-corrected chi connectivity index (χ4v) is 4.07.